The summed E-state index contributed by atoms with van der Waals surface area (Å²) in [6.07, 6.45) is -2.70. The number of amides is 1. The van der Waals surface area contributed by atoms with E-state index < -0.39 is 23.2 Å². The molecule has 0 atom stereocenters. The number of nitrogens with one attached hydrogen (secondary N) is 1. The van der Waals surface area contributed by atoms with E-state index in [1.165, 1.54) is 24.3 Å². The first-order chi connectivity index (χ1) is 13.2. The summed E-state index contributed by atoms with van der Waals surface area (Å²) in [5, 5.41) is 2.66. The third kappa shape index (κ3) is 3.85. The van der Waals surface area contributed by atoms with Gasteiger partial charge in [-0.3, -0.25) is 14.2 Å². The lowest BCUT2D eigenvalue weighted by molar-refractivity contribution is -0.137. The van der Waals surface area contributed by atoms with Gasteiger partial charge in [-0.05, 0) is 49.4 Å². The molecule has 28 heavy (non-hydrogen) atoms. The Balaban J connectivity index is 1.96. The largest absolute Gasteiger partial charge is 0.416 e. The maximum absolute atomic E-state index is 13.0. The van der Waals surface area contributed by atoms with E-state index in [4.69, 9.17) is 0 Å². The molecule has 0 fully saturated rings. The van der Waals surface area contributed by atoms with Gasteiger partial charge in [0.2, 0.25) is 0 Å². The van der Waals surface area contributed by atoms with Crippen molar-refractivity contribution in [3.05, 3.63) is 87.6 Å². The SMILES string of the molecule is Cc1ccc(C(=O)NCc2cccn2C)c(=O)n1-c1cccc(C(F)(F)F)c1. The second kappa shape index (κ2) is 7.38. The van der Waals surface area contributed by atoms with E-state index in [0.717, 1.165) is 22.4 Å². The quantitative estimate of drug-likeness (QED) is 0.743. The Labute approximate surface area is 159 Å². The average Bonchev–Trinajstić information content (AvgIpc) is 3.04. The summed E-state index contributed by atoms with van der Waals surface area (Å²) in [7, 11) is 1.83. The fraction of sp³-hybridized carbons (Fsp3) is 0.200. The average molecular weight is 389 g/mol. The topological polar surface area (TPSA) is 56.0 Å². The molecule has 5 nitrogen and oxygen atoms in total. The smallest absolute Gasteiger partial charge is 0.353 e. The lowest BCUT2D eigenvalue weighted by Crippen LogP contribution is -2.33. The van der Waals surface area contributed by atoms with Crippen LogP contribution in [0.25, 0.3) is 5.69 Å². The summed E-state index contributed by atoms with van der Waals surface area (Å²) in [4.78, 5) is 25.3. The first-order valence-corrected chi connectivity index (χ1v) is 8.47. The fourth-order valence-electron chi connectivity index (χ4n) is 2.89. The van der Waals surface area contributed by atoms with Gasteiger partial charge in [0, 0.05) is 30.3 Å². The number of nitrogens with zero attached hydrogens (tertiary/aromatic N) is 2. The van der Waals surface area contributed by atoms with Crippen molar-refractivity contribution >= 4 is 5.91 Å². The van der Waals surface area contributed by atoms with E-state index in [1.54, 1.807) is 6.92 Å². The Morgan fingerprint density at radius 1 is 1.11 bits per heavy atom. The predicted octanol–water partition coefficient (Wildman–Crippen LogP) is 3.43. The molecule has 146 valence electrons. The second-order valence-electron chi connectivity index (χ2n) is 6.37. The van der Waals surface area contributed by atoms with Crippen LogP contribution >= 0.6 is 0 Å². The van der Waals surface area contributed by atoms with Crippen molar-refractivity contribution in [3.8, 4) is 5.69 Å². The highest BCUT2D eigenvalue weighted by molar-refractivity contribution is 5.93. The molecule has 0 radical (unpaired) electrons. The Hall–Kier alpha value is -3.29. The van der Waals surface area contributed by atoms with Gasteiger partial charge in [-0.1, -0.05) is 6.07 Å². The van der Waals surface area contributed by atoms with Gasteiger partial charge in [0.15, 0.2) is 0 Å². The molecular formula is C20H18F3N3O2. The minimum atomic E-state index is -4.53. The summed E-state index contributed by atoms with van der Waals surface area (Å²) >= 11 is 0. The number of aromatic nitrogens is 2. The molecule has 8 heteroatoms. The van der Waals surface area contributed by atoms with Crippen LogP contribution in [-0.4, -0.2) is 15.0 Å². The van der Waals surface area contributed by atoms with Crippen molar-refractivity contribution in [1.82, 2.24) is 14.5 Å². The van der Waals surface area contributed by atoms with Crippen LogP contribution < -0.4 is 10.9 Å². The first kappa shape index (κ1) is 19.5. The predicted molar refractivity (Wildman–Crippen MR) is 98.4 cm³/mol. The molecule has 3 aromatic rings. The zero-order valence-corrected chi connectivity index (χ0v) is 15.2. The zero-order valence-electron chi connectivity index (χ0n) is 15.2. The molecule has 0 aliphatic rings. The van der Waals surface area contributed by atoms with Crippen molar-refractivity contribution < 1.29 is 18.0 Å². The standard InChI is InChI=1S/C20H18F3N3O2/c1-13-8-9-17(18(27)24-12-16-7-4-10-25(16)2)19(28)26(13)15-6-3-5-14(11-15)20(21,22)23/h3-11H,12H2,1-2H3,(H,24,27). The third-order valence-corrected chi connectivity index (χ3v) is 4.44. The van der Waals surface area contributed by atoms with Gasteiger partial charge >= 0.3 is 6.18 Å². The van der Waals surface area contributed by atoms with Gasteiger partial charge in [0.25, 0.3) is 11.5 Å². The summed E-state index contributed by atoms with van der Waals surface area (Å²) < 4.78 is 42.0. The highest BCUT2D eigenvalue weighted by Crippen LogP contribution is 2.30. The number of hydrogen-bond donors (Lipinski definition) is 1. The molecule has 1 amide bonds. The van der Waals surface area contributed by atoms with E-state index in [-0.39, 0.29) is 17.8 Å². The fourth-order valence-corrected chi connectivity index (χ4v) is 2.89. The number of carbonyl (C=O) groups is 1. The number of pyridine rings is 1. The van der Waals surface area contributed by atoms with Gasteiger partial charge < -0.3 is 9.88 Å². The van der Waals surface area contributed by atoms with Gasteiger partial charge in [0.1, 0.15) is 5.56 Å². The Morgan fingerprint density at radius 2 is 1.86 bits per heavy atom. The van der Waals surface area contributed by atoms with Crippen LogP contribution in [0.2, 0.25) is 0 Å². The monoisotopic (exact) mass is 389 g/mol. The molecule has 3 rings (SSSR count). The Bertz CT molecular complexity index is 1080. The van der Waals surface area contributed by atoms with Crippen molar-refractivity contribution in [3.63, 3.8) is 0 Å². The van der Waals surface area contributed by atoms with Crippen LogP contribution in [0.1, 0.15) is 27.3 Å². The van der Waals surface area contributed by atoms with Crippen LogP contribution in [0.3, 0.4) is 0 Å². The number of rotatable bonds is 4. The summed E-state index contributed by atoms with van der Waals surface area (Å²) in [6.45, 7) is 1.81. The summed E-state index contributed by atoms with van der Waals surface area (Å²) in [6, 6.07) is 11.0. The van der Waals surface area contributed by atoms with Gasteiger partial charge in [-0.15, -0.1) is 0 Å². The molecule has 0 bridgehead atoms. The highest BCUT2D eigenvalue weighted by Gasteiger charge is 2.30. The lowest BCUT2D eigenvalue weighted by atomic mass is 10.1. The minimum Gasteiger partial charge on any atom is -0.353 e. The lowest BCUT2D eigenvalue weighted by Gasteiger charge is -2.14. The molecule has 1 aromatic carbocycles. The van der Waals surface area contributed by atoms with E-state index in [2.05, 4.69) is 5.32 Å². The number of halogens is 3. The molecule has 0 aliphatic heterocycles. The molecule has 0 saturated carbocycles. The zero-order chi connectivity index (χ0) is 20.5. The number of aryl methyl sites for hydroxylation is 2. The normalized spacial score (nSPS) is 11.5. The van der Waals surface area contributed by atoms with Crippen LogP contribution in [0.4, 0.5) is 13.2 Å². The first-order valence-electron chi connectivity index (χ1n) is 8.47. The third-order valence-electron chi connectivity index (χ3n) is 4.44. The molecule has 0 saturated heterocycles. The van der Waals surface area contributed by atoms with Crippen LogP contribution in [0.5, 0.6) is 0 Å². The molecule has 1 N–H and O–H groups in total. The van der Waals surface area contributed by atoms with Crippen LogP contribution in [-0.2, 0) is 19.8 Å². The molecular weight excluding hydrogens is 371 g/mol. The molecule has 0 aliphatic carbocycles. The van der Waals surface area contributed by atoms with Crippen molar-refractivity contribution in [2.45, 2.75) is 19.6 Å². The highest BCUT2D eigenvalue weighted by atomic mass is 19.4. The van der Waals surface area contributed by atoms with Crippen LogP contribution in [0, 0.1) is 6.92 Å². The summed E-state index contributed by atoms with van der Waals surface area (Å²) in [5.74, 6) is -0.591. The number of hydrogen-bond acceptors (Lipinski definition) is 2. The van der Waals surface area contributed by atoms with E-state index in [0.29, 0.717) is 5.69 Å². The molecule has 0 spiro atoms. The molecule has 2 aromatic heterocycles. The van der Waals surface area contributed by atoms with Crippen LogP contribution in [0.15, 0.2) is 59.5 Å². The number of carbonyl (C=O) groups excluding carboxylic acids is 1. The number of alkyl halides is 3. The Morgan fingerprint density at radius 3 is 2.50 bits per heavy atom. The van der Waals surface area contributed by atoms with E-state index in [9.17, 15) is 22.8 Å². The summed E-state index contributed by atoms with van der Waals surface area (Å²) in [5.41, 5.74) is -0.368. The van der Waals surface area contributed by atoms with Crippen molar-refractivity contribution in [2.24, 2.45) is 7.05 Å². The van der Waals surface area contributed by atoms with Crippen molar-refractivity contribution in [1.29, 1.82) is 0 Å². The van der Waals surface area contributed by atoms with Gasteiger partial charge in [-0.25, -0.2) is 0 Å². The maximum atomic E-state index is 13.0. The van der Waals surface area contributed by atoms with Gasteiger partial charge in [0.05, 0.1) is 12.1 Å². The molecule has 0 unspecified atom stereocenters. The number of benzene rings is 1. The second-order valence-corrected chi connectivity index (χ2v) is 6.37. The van der Waals surface area contributed by atoms with Crippen molar-refractivity contribution in [2.75, 3.05) is 0 Å². The Kier molecular flexibility index (Phi) is 5.13. The van der Waals surface area contributed by atoms with Gasteiger partial charge in [-0.2, -0.15) is 13.2 Å². The van der Waals surface area contributed by atoms with E-state index >= 15 is 0 Å². The maximum Gasteiger partial charge on any atom is 0.416 e. The molecule has 2 heterocycles. The minimum absolute atomic E-state index is 0.0504. The van der Waals surface area contributed by atoms with E-state index in [1.807, 2.05) is 29.9 Å².